The van der Waals surface area contributed by atoms with E-state index in [2.05, 4.69) is 69.2 Å². The molecule has 0 spiro atoms. The molecule has 0 bridgehead atoms. The van der Waals surface area contributed by atoms with Crippen LogP contribution in [0.5, 0.6) is 0 Å². The molecule has 3 heterocycles. The van der Waals surface area contributed by atoms with Crippen molar-refractivity contribution in [3.63, 3.8) is 0 Å². The van der Waals surface area contributed by atoms with Crippen molar-refractivity contribution in [3.8, 4) is 11.3 Å². The highest BCUT2D eigenvalue weighted by molar-refractivity contribution is 9.10. The Kier molecular flexibility index (Phi) is 6.01. The molecule has 1 fully saturated rings. The van der Waals surface area contributed by atoms with Gasteiger partial charge in [-0.25, -0.2) is 0 Å². The van der Waals surface area contributed by atoms with E-state index >= 15 is 0 Å². The number of hydrogen-bond acceptors (Lipinski definition) is 3. The molecule has 1 aliphatic heterocycles. The molecule has 0 aliphatic carbocycles. The highest BCUT2D eigenvalue weighted by Gasteiger charge is 2.41. The summed E-state index contributed by atoms with van der Waals surface area (Å²) in [5.41, 5.74) is 3.22. The number of nitrogens with zero attached hydrogens (tertiary/aromatic N) is 2. The van der Waals surface area contributed by atoms with Crippen LogP contribution in [0.3, 0.4) is 0 Å². The molecular weight excluding hydrogens is 446 g/mol. The van der Waals surface area contributed by atoms with Gasteiger partial charge in [0.25, 0.3) is 0 Å². The van der Waals surface area contributed by atoms with Crippen LogP contribution < -0.4 is 5.32 Å². The van der Waals surface area contributed by atoms with E-state index in [-0.39, 0.29) is 12.1 Å². The number of thiocarbonyl (C=S) groups is 1. The van der Waals surface area contributed by atoms with Crippen LogP contribution in [0.1, 0.15) is 48.9 Å². The Labute approximate surface area is 185 Å². The molecule has 150 valence electrons. The van der Waals surface area contributed by atoms with Gasteiger partial charge in [0.2, 0.25) is 0 Å². The number of pyridine rings is 1. The predicted molar refractivity (Wildman–Crippen MR) is 124 cm³/mol. The molecule has 1 aliphatic rings. The summed E-state index contributed by atoms with van der Waals surface area (Å²) in [4.78, 5) is 6.82. The van der Waals surface area contributed by atoms with Gasteiger partial charge in [0.05, 0.1) is 11.7 Å². The lowest BCUT2D eigenvalue weighted by Gasteiger charge is -2.25. The Balaban J connectivity index is 1.72. The molecule has 0 unspecified atom stereocenters. The Morgan fingerprint density at radius 3 is 2.79 bits per heavy atom. The van der Waals surface area contributed by atoms with E-state index in [0.717, 1.165) is 51.7 Å². The molecule has 2 aromatic heterocycles. The first-order valence-corrected chi connectivity index (χ1v) is 11.1. The smallest absolute Gasteiger partial charge is 0.170 e. The average molecular weight is 470 g/mol. The summed E-state index contributed by atoms with van der Waals surface area (Å²) in [6.07, 6.45) is 4.01. The van der Waals surface area contributed by atoms with Gasteiger partial charge in [0.15, 0.2) is 5.11 Å². The SMILES string of the molecule is CCCCN1C(=S)N[C@@H](c2ccccn2)[C@H]1c1ccc(-c2ccc(C)cc2Br)o1. The lowest BCUT2D eigenvalue weighted by Crippen LogP contribution is -2.30. The van der Waals surface area contributed by atoms with Gasteiger partial charge in [0, 0.05) is 22.8 Å². The summed E-state index contributed by atoms with van der Waals surface area (Å²) in [5.74, 6) is 1.74. The highest BCUT2D eigenvalue weighted by atomic mass is 79.9. The number of benzene rings is 1. The lowest BCUT2D eigenvalue weighted by atomic mass is 10.0. The minimum atomic E-state index is -0.0407. The number of hydrogen-bond donors (Lipinski definition) is 1. The van der Waals surface area contributed by atoms with E-state index in [1.165, 1.54) is 5.56 Å². The summed E-state index contributed by atoms with van der Waals surface area (Å²) in [6.45, 7) is 5.16. The fourth-order valence-electron chi connectivity index (χ4n) is 3.76. The van der Waals surface area contributed by atoms with E-state index in [1.54, 1.807) is 0 Å². The Morgan fingerprint density at radius 1 is 1.21 bits per heavy atom. The zero-order valence-corrected chi connectivity index (χ0v) is 19.0. The molecule has 6 heteroatoms. The van der Waals surface area contributed by atoms with Gasteiger partial charge >= 0.3 is 0 Å². The van der Waals surface area contributed by atoms with Crippen LogP contribution in [0.4, 0.5) is 0 Å². The van der Waals surface area contributed by atoms with Gasteiger partial charge in [-0.3, -0.25) is 4.98 Å². The Hall–Kier alpha value is -2.18. The van der Waals surface area contributed by atoms with E-state index in [1.807, 2.05) is 30.5 Å². The Morgan fingerprint density at radius 2 is 2.07 bits per heavy atom. The molecule has 1 aromatic carbocycles. The predicted octanol–water partition coefficient (Wildman–Crippen LogP) is 6.19. The molecule has 1 saturated heterocycles. The maximum Gasteiger partial charge on any atom is 0.170 e. The standard InChI is InChI=1S/C23H24BrN3OS/c1-3-4-13-27-22(21(26-23(27)29)18-7-5-6-12-25-18)20-11-10-19(28-20)16-9-8-15(2)14-17(16)24/h5-12,14,21-22H,3-4,13H2,1-2H3,(H,26,29)/t21-,22+/m0/s1. The molecule has 3 aromatic rings. The third-order valence-electron chi connectivity index (χ3n) is 5.26. The van der Waals surface area contributed by atoms with Crippen LogP contribution in [0, 0.1) is 6.92 Å². The monoisotopic (exact) mass is 469 g/mol. The second-order valence-electron chi connectivity index (χ2n) is 7.36. The Bertz CT molecular complexity index is 1000. The molecule has 0 amide bonds. The molecule has 4 nitrogen and oxygen atoms in total. The first kappa shape index (κ1) is 20.1. The van der Waals surface area contributed by atoms with Crippen LogP contribution in [0.15, 0.2) is 63.6 Å². The third kappa shape index (κ3) is 4.09. The van der Waals surface area contributed by atoms with Crippen LogP contribution in [0.25, 0.3) is 11.3 Å². The van der Waals surface area contributed by atoms with Crippen molar-refractivity contribution < 1.29 is 4.42 Å². The van der Waals surface area contributed by atoms with Crippen molar-refractivity contribution in [2.24, 2.45) is 0 Å². The van der Waals surface area contributed by atoms with Gasteiger partial charge in [-0.05, 0) is 67.5 Å². The minimum absolute atomic E-state index is 0.0260. The third-order valence-corrected chi connectivity index (χ3v) is 6.27. The highest BCUT2D eigenvalue weighted by Crippen LogP contribution is 2.41. The molecule has 2 atom stereocenters. The number of aryl methyl sites for hydroxylation is 1. The van der Waals surface area contributed by atoms with Crippen LogP contribution >= 0.6 is 28.1 Å². The largest absolute Gasteiger partial charge is 0.459 e. The first-order chi connectivity index (χ1) is 14.1. The number of halogens is 1. The number of furan rings is 1. The zero-order valence-electron chi connectivity index (χ0n) is 16.6. The van der Waals surface area contributed by atoms with E-state index in [4.69, 9.17) is 16.6 Å². The van der Waals surface area contributed by atoms with Crippen LogP contribution in [0.2, 0.25) is 0 Å². The van der Waals surface area contributed by atoms with Crippen molar-refractivity contribution in [3.05, 3.63) is 76.2 Å². The molecule has 0 saturated carbocycles. The second kappa shape index (κ2) is 8.67. The van der Waals surface area contributed by atoms with Crippen LogP contribution in [-0.4, -0.2) is 21.5 Å². The quantitative estimate of drug-likeness (QED) is 0.436. The van der Waals surface area contributed by atoms with Gasteiger partial charge in [0.1, 0.15) is 17.6 Å². The van der Waals surface area contributed by atoms with E-state index in [9.17, 15) is 0 Å². The zero-order chi connectivity index (χ0) is 20.4. The van der Waals surface area contributed by atoms with Crippen molar-refractivity contribution in [1.82, 2.24) is 15.2 Å². The second-order valence-corrected chi connectivity index (χ2v) is 8.60. The minimum Gasteiger partial charge on any atom is -0.459 e. The van der Waals surface area contributed by atoms with Crippen molar-refractivity contribution in [1.29, 1.82) is 0 Å². The van der Waals surface area contributed by atoms with Crippen molar-refractivity contribution in [2.45, 2.75) is 38.8 Å². The average Bonchev–Trinajstić information content (AvgIpc) is 3.31. The number of aromatic nitrogens is 1. The van der Waals surface area contributed by atoms with Gasteiger partial charge in [-0.2, -0.15) is 0 Å². The van der Waals surface area contributed by atoms with Crippen molar-refractivity contribution in [2.75, 3.05) is 6.54 Å². The van der Waals surface area contributed by atoms with E-state index < -0.39 is 0 Å². The number of nitrogens with one attached hydrogen (secondary N) is 1. The fraction of sp³-hybridized carbons (Fsp3) is 0.304. The molecular formula is C23H24BrN3OS. The number of unbranched alkanes of at least 4 members (excludes halogenated alkanes) is 1. The molecule has 4 rings (SSSR count). The van der Waals surface area contributed by atoms with Crippen LogP contribution in [-0.2, 0) is 0 Å². The number of rotatable bonds is 6. The maximum absolute atomic E-state index is 6.39. The summed E-state index contributed by atoms with van der Waals surface area (Å²) in [6, 6.07) is 16.3. The van der Waals surface area contributed by atoms with E-state index in [0.29, 0.717) is 0 Å². The summed E-state index contributed by atoms with van der Waals surface area (Å²) in [5, 5.41) is 4.23. The molecule has 1 N–H and O–H groups in total. The van der Waals surface area contributed by atoms with Gasteiger partial charge < -0.3 is 14.6 Å². The van der Waals surface area contributed by atoms with Gasteiger partial charge in [-0.15, -0.1) is 0 Å². The van der Waals surface area contributed by atoms with Crippen molar-refractivity contribution >= 4 is 33.3 Å². The summed E-state index contributed by atoms with van der Waals surface area (Å²) < 4.78 is 7.42. The molecule has 0 radical (unpaired) electrons. The normalized spacial score (nSPS) is 18.9. The summed E-state index contributed by atoms with van der Waals surface area (Å²) in [7, 11) is 0. The maximum atomic E-state index is 6.39. The summed E-state index contributed by atoms with van der Waals surface area (Å²) >= 11 is 9.35. The lowest BCUT2D eigenvalue weighted by molar-refractivity contribution is 0.271. The van der Waals surface area contributed by atoms with Gasteiger partial charge in [-0.1, -0.05) is 41.4 Å². The topological polar surface area (TPSA) is 41.3 Å². The fourth-order valence-corrected chi connectivity index (χ4v) is 4.78. The molecule has 29 heavy (non-hydrogen) atoms. The first-order valence-electron chi connectivity index (χ1n) is 9.93.